The second kappa shape index (κ2) is 3.34. The van der Waals surface area contributed by atoms with Crippen molar-refractivity contribution in [3.63, 3.8) is 0 Å². The molecule has 66 valence electrons. The molecule has 0 unspecified atom stereocenters. The van der Waals surface area contributed by atoms with Crippen LogP contribution in [0.2, 0.25) is 0 Å². The first-order valence-electron chi connectivity index (χ1n) is 5.71. The zero-order valence-electron chi connectivity index (χ0n) is 11.6. The Morgan fingerprint density at radius 1 is 1.92 bits per heavy atom. The number of aromatic nitrogens is 1. The number of pyridine rings is 1. The van der Waals surface area contributed by atoms with Gasteiger partial charge in [-0.05, 0) is 0 Å². The van der Waals surface area contributed by atoms with Crippen LogP contribution in [0.4, 0.5) is 8.78 Å². The summed E-state index contributed by atoms with van der Waals surface area (Å²) in [5.41, 5.74) is -1.50. The van der Waals surface area contributed by atoms with Crippen LogP contribution in [0.25, 0.3) is 0 Å². The lowest BCUT2D eigenvalue weighted by Gasteiger charge is -2.03. The van der Waals surface area contributed by atoms with E-state index in [1.165, 1.54) is 0 Å². The fourth-order valence-corrected chi connectivity index (χ4v) is 0.534. The highest BCUT2D eigenvalue weighted by Gasteiger charge is 2.14. The fraction of sp³-hybridized carbons (Fsp3) is 0.286. The van der Waals surface area contributed by atoms with Gasteiger partial charge in [0.1, 0.15) is 18.6 Å². The van der Waals surface area contributed by atoms with E-state index < -0.39 is 42.8 Å². The lowest BCUT2D eigenvalue weighted by Crippen LogP contribution is -1.92. The van der Waals surface area contributed by atoms with Crippen molar-refractivity contribution in [2.75, 3.05) is 7.04 Å². The van der Waals surface area contributed by atoms with Gasteiger partial charge in [-0.3, -0.25) is 0 Å². The van der Waals surface area contributed by atoms with Crippen molar-refractivity contribution in [2.24, 2.45) is 0 Å². The topological polar surface area (TPSA) is 42.4 Å². The van der Waals surface area contributed by atoms with E-state index in [2.05, 4.69) is 9.72 Å². The Hall–Kier alpha value is -1.39. The predicted molar refractivity (Wildman–Crippen MR) is 37.4 cm³/mol. The predicted octanol–water partition coefficient (Wildman–Crippen LogP) is 1.73. The van der Waals surface area contributed by atoms with E-state index >= 15 is 0 Å². The van der Waals surface area contributed by atoms with Crippen LogP contribution in [0, 0.1) is 0 Å². The van der Waals surface area contributed by atoms with Gasteiger partial charge in [0.2, 0.25) is 0 Å². The van der Waals surface area contributed by atoms with Gasteiger partial charge in [-0.15, -0.1) is 0 Å². The van der Waals surface area contributed by atoms with E-state index in [0.717, 1.165) is 0 Å². The summed E-state index contributed by atoms with van der Waals surface area (Å²) in [6, 6.07) is -1.13. The first kappa shape index (κ1) is 3.55. The number of halogens is 2. The number of aromatic hydroxyl groups is 1. The Labute approximate surface area is 76.0 Å². The van der Waals surface area contributed by atoms with Gasteiger partial charge in [-0.2, -0.15) is 0 Å². The highest BCUT2D eigenvalue weighted by Crippen LogP contribution is 2.28. The zero-order valence-corrected chi connectivity index (χ0v) is 5.56. The van der Waals surface area contributed by atoms with Crippen molar-refractivity contribution >= 4 is 0 Å². The first-order valence-corrected chi connectivity index (χ1v) is 2.71. The number of alkyl halides is 2. The third-order valence-corrected chi connectivity index (χ3v) is 1.01. The molecule has 5 heteroatoms. The van der Waals surface area contributed by atoms with Gasteiger partial charge >= 0.3 is 0 Å². The Morgan fingerprint density at radius 3 is 3.25 bits per heavy atom. The molecule has 0 aliphatic heterocycles. The van der Waals surface area contributed by atoms with E-state index in [9.17, 15) is 13.9 Å². The standard InChI is InChI=1S/C7H7F2NO2/c1-12-4-2-5(11)6(7(8)9)10-3-4/h2-3,7,11H,1H3/i1D3,2D,3D,7D. The highest BCUT2D eigenvalue weighted by atomic mass is 19.3. The lowest BCUT2D eigenvalue weighted by atomic mass is 10.3. The molecule has 0 spiro atoms. The Balaban J connectivity index is 3.39. The summed E-state index contributed by atoms with van der Waals surface area (Å²) in [4.78, 5) is 2.87. The van der Waals surface area contributed by atoms with Crippen LogP contribution in [0.5, 0.6) is 11.5 Å². The number of nitrogens with zero attached hydrogens (tertiary/aromatic N) is 1. The maximum absolute atomic E-state index is 12.7. The number of rotatable bonds is 2. The summed E-state index contributed by atoms with van der Waals surface area (Å²) in [6.45, 7) is 0. The molecule has 0 bridgehead atoms. The molecule has 1 aromatic rings. The Bertz CT molecular complexity index is 472. The fourth-order valence-electron chi connectivity index (χ4n) is 0.534. The summed E-state index contributed by atoms with van der Waals surface area (Å²) in [7, 11) is -3.02. The van der Waals surface area contributed by atoms with Crippen LogP contribution in [-0.2, 0) is 0 Å². The van der Waals surface area contributed by atoms with E-state index in [0.29, 0.717) is 0 Å². The van der Waals surface area contributed by atoms with Crippen molar-refractivity contribution in [3.05, 3.63) is 17.9 Å². The number of methoxy groups -OCH3 is 1. The molecule has 0 aromatic carbocycles. The summed E-state index contributed by atoms with van der Waals surface area (Å²) in [6.07, 6.45) is -5.38. The van der Waals surface area contributed by atoms with Crippen molar-refractivity contribution in [2.45, 2.75) is 6.40 Å². The first-order chi connectivity index (χ1) is 7.93. The Kier molecular flexibility index (Phi) is 0.988. The average Bonchev–Trinajstić information content (AvgIpc) is 2.15. The molecule has 0 aliphatic carbocycles. The molecule has 0 saturated heterocycles. The Morgan fingerprint density at radius 2 is 2.67 bits per heavy atom. The van der Waals surface area contributed by atoms with Gasteiger partial charge in [0, 0.05) is 6.04 Å². The SMILES string of the molecule is [2H]c1nc(C([2H])(F)F)c(O)c([2H])c1OC([2H])([2H])[2H]. The molecular weight excluding hydrogens is 168 g/mol. The number of hydrogen-bond acceptors (Lipinski definition) is 3. The minimum Gasteiger partial charge on any atom is -0.506 e. The molecule has 0 amide bonds. The molecule has 0 saturated carbocycles. The van der Waals surface area contributed by atoms with E-state index in [4.69, 9.17) is 8.22 Å². The molecule has 1 heterocycles. The molecule has 0 fully saturated rings. The minimum absolute atomic E-state index is 0.958. The van der Waals surface area contributed by atoms with Crippen molar-refractivity contribution < 1.29 is 26.8 Å². The molecule has 12 heavy (non-hydrogen) atoms. The summed E-state index contributed by atoms with van der Waals surface area (Å²) in [5.74, 6) is -2.36. The molecular formula is C7H7F2NO2. The van der Waals surface area contributed by atoms with E-state index in [1.54, 1.807) is 0 Å². The van der Waals surface area contributed by atoms with Gasteiger partial charge in [0.15, 0.2) is 0 Å². The largest absolute Gasteiger partial charge is 0.506 e. The molecule has 0 aliphatic rings. The van der Waals surface area contributed by atoms with Crippen molar-refractivity contribution in [1.82, 2.24) is 4.98 Å². The highest BCUT2D eigenvalue weighted by molar-refractivity contribution is 5.34. The smallest absolute Gasteiger partial charge is 0.284 e. The average molecular weight is 181 g/mol. The number of hydrogen-bond donors (Lipinski definition) is 1. The van der Waals surface area contributed by atoms with Crippen LogP contribution >= 0.6 is 0 Å². The minimum atomic E-state index is -4.31. The van der Waals surface area contributed by atoms with Gasteiger partial charge in [-0.1, -0.05) is 0 Å². The lowest BCUT2D eigenvalue weighted by molar-refractivity contribution is 0.141. The van der Waals surface area contributed by atoms with Crippen LogP contribution in [0.1, 0.15) is 20.3 Å². The molecule has 1 aromatic heterocycles. The summed E-state index contributed by atoms with van der Waals surface area (Å²) < 4.78 is 70.6. The van der Waals surface area contributed by atoms with Crippen LogP contribution < -0.4 is 4.74 Å². The van der Waals surface area contributed by atoms with Gasteiger partial charge in [0.05, 0.1) is 20.1 Å². The monoisotopic (exact) mass is 181 g/mol. The maximum atomic E-state index is 12.7. The molecule has 3 nitrogen and oxygen atoms in total. The second-order valence-electron chi connectivity index (χ2n) is 1.74. The van der Waals surface area contributed by atoms with Gasteiger partial charge in [-0.25, -0.2) is 13.8 Å². The third kappa shape index (κ3) is 1.61. The third-order valence-electron chi connectivity index (χ3n) is 1.01. The van der Waals surface area contributed by atoms with Crippen LogP contribution in [0.15, 0.2) is 12.2 Å². The molecule has 1 rings (SSSR count). The zero-order chi connectivity index (χ0) is 14.3. The maximum Gasteiger partial charge on any atom is 0.284 e. The normalized spacial score (nSPS) is 19.5. The van der Waals surface area contributed by atoms with Gasteiger partial charge in [0.25, 0.3) is 6.40 Å². The van der Waals surface area contributed by atoms with Gasteiger partial charge < -0.3 is 9.84 Å². The van der Waals surface area contributed by atoms with E-state index in [1.807, 2.05) is 0 Å². The van der Waals surface area contributed by atoms with Crippen molar-refractivity contribution in [3.8, 4) is 11.5 Å². The quantitative estimate of drug-likeness (QED) is 0.755. The van der Waals surface area contributed by atoms with Crippen LogP contribution in [0.3, 0.4) is 0 Å². The number of ether oxygens (including phenoxy) is 1. The summed E-state index contributed by atoms with van der Waals surface area (Å²) >= 11 is 0. The molecule has 0 radical (unpaired) electrons. The second-order valence-corrected chi connectivity index (χ2v) is 1.74. The summed E-state index contributed by atoms with van der Waals surface area (Å²) in [5, 5.41) is 9.24. The van der Waals surface area contributed by atoms with Crippen molar-refractivity contribution in [1.29, 1.82) is 0 Å². The van der Waals surface area contributed by atoms with E-state index in [-0.39, 0.29) is 0 Å². The van der Waals surface area contributed by atoms with Crippen LogP contribution in [-0.4, -0.2) is 17.1 Å². The molecule has 1 N–H and O–H groups in total. The molecule has 0 atom stereocenters.